The van der Waals surface area contributed by atoms with Gasteiger partial charge in [-0.2, -0.15) is 0 Å². The summed E-state index contributed by atoms with van der Waals surface area (Å²) in [5.74, 6) is 0.402. The highest BCUT2D eigenvalue weighted by Crippen LogP contribution is 2.32. The molecular weight excluding hydrogens is 311 g/mol. The van der Waals surface area contributed by atoms with E-state index in [0.29, 0.717) is 11.5 Å². The molecular formula is C22H26FN2+. The molecule has 0 unspecified atom stereocenters. The van der Waals surface area contributed by atoms with Crippen molar-refractivity contribution in [2.24, 2.45) is 7.05 Å². The molecule has 1 heterocycles. The van der Waals surface area contributed by atoms with Crippen LogP contribution in [0, 0.1) is 19.7 Å². The van der Waals surface area contributed by atoms with Gasteiger partial charge in [-0.05, 0) is 78.5 Å². The minimum absolute atomic E-state index is 0.153. The number of nitrogens with zero attached hydrogens (tertiary/aromatic N) is 2. The third kappa shape index (κ3) is 3.15. The number of aromatic nitrogens is 2. The van der Waals surface area contributed by atoms with E-state index < -0.39 is 0 Å². The third-order valence-electron chi connectivity index (χ3n) is 5.22. The number of aryl methyl sites for hydroxylation is 3. The van der Waals surface area contributed by atoms with Crippen LogP contribution in [0.5, 0.6) is 0 Å². The first kappa shape index (κ1) is 17.5. The van der Waals surface area contributed by atoms with Gasteiger partial charge in [0.15, 0.2) is 5.52 Å². The van der Waals surface area contributed by atoms with Gasteiger partial charge in [-0.3, -0.25) is 0 Å². The summed E-state index contributed by atoms with van der Waals surface area (Å²) in [7, 11) is 2.00. The van der Waals surface area contributed by atoms with Crippen LogP contribution in [0.2, 0.25) is 0 Å². The minimum Gasteiger partial charge on any atom is -0.232 e. The fraction of sp³-hybridized carbons (Fsp3) is 0.364. The van der Waals surface area contributed by atoms with E-state index in [-0.39, 0.29) is 5.82 Å². The molecule has 130 valence electrons. The molecule has 3 aromatic rings. The quantitative estimate of drug-likeness (QED) is 0.584. The maximum Gasteiger partial charge on any atom is 0.287 e. The summed E-state index contributed by atoms with van der Waals surface area (Å²) in [6, 6.07) is 10.1. The van der Waals surface area contributed by atoms with Crippen LogP contribution >= 0.6 is 0 Å². The van der Waals surface area contributed by atoms with Crippen molar-refractivity contribution in [2.45, 2.75) is 46.5 Å². The Kier molecular flexibility index (Phi) is 4.85. The van der Waals surface area contributed by atoms with Crippen LogP contribution in [0.15, 0.2) is 36.7 Å². The smallest absolute Gasteiger partial charge is 0.232 e. The molecule has 0 aliphatic heterocycles. The van der Waals surface area contributed by atoms with E-state index in [1.165, 1.54) is 5.56 Å². The second-order valence-electron chi connectivity index (χ2n) is 6.91. The molecule has 0 aliphatic carbocycles. The van der Waals surface area contributed by atoms with Crippen molar-refractivity contribution in [2.75, 3.05) is 0 Å². The van der Waals surface area contributed by atoms with E-state index in [1.54, 1.807) is 6.07 Å². The van der Waals surface area contributed by atoms with E-state index >= 15 is 0 Å². The van der Waals surface area contributed by atoms with Crippen molar-refractivity contribution < 1.29 is 8.96 Å². The van der Waals surface area contributed by atoms with Crippen LogP contribution in [0.25, 0.3) is 22.2 Å². The summed E-state index contributed by atoms with van der Waals surface area (Å²) in [6.07, 6.45) is 4.09. The zero-order chi connectivity index (χ0) is 18.1. The van der Waals surface area contributed by atoms with Gasteiger partial charge in [-0.25, -0.2) is 8.96 Å². The second kappa shape index (κ2) is 6.91. The van der Waals surface area contributed by atoms with Gasteiger partial charge in [0.25, 0.3) is 6.33 Å². The van der Waals surface area contributed by atoms with Gasteiger partial charge in [0, 0.05) is 5.56 Å². The number of hydrogen-bond donors (Lipinski definition) is 0. The molecule has 0 spiro atoms. The Hall–Kier alpha value is -2.29. The summed E-state index contributed by atoms with van der Waals surface area (Å²) < 4.78 is 16.0. The number of hydrogen-bond acceptors (Lipinski definition) is 1. The summed E-state index contributed by atoms with van der Waals surface area (Å²) in [5.41, 5.74) is 6.10. The van der Waals surface area contributed by atoms with Crippen molar-refractivity contribution in [1.82, 2.24) is 4.98 Å². The molecule has 0 atom stereocenters. The molecule has 2 aromatic carbocycles. The van der Waals surface area contributed by atoms with Crippen molar-refractivity contribution in [3.05, 3.63) is 59.2 Å². The SMILES string of the molecule is CCC(CC)c1ccc2nc[n+](C)c(-c3cc(C)c(F)cc3C)c2c1. The topological polar surface area (TPSA) is 16.8 Å². The molecule has 1 aromatic heterocycles. The Bertz CT molecular complexity index is 927. The van der Waals surface area contributed by atoms with Crippen molar-refractivity contribution in [3.8, 4) is 11.3 Å². The van der Waals surface area contributed by atoms with Crippen LogP contribution in [0.1, 0.15) is 49.3 Å². The fourth-order valence-electron chi connectivity index (χ4n) is 3.64. The van der Waals surface area contributed by atoms with Crippen LogP contribution in [-0.4, -0.2) is 4.98 Å². The van der Waals surface area contributed by atoms with E-state index in [1.807, 2.05) is 37.9 Å². The summed E-state index contributed by atoms with van der Waals surface area (Å²) in [4.78, 5) is 4.58. The number of halogens is 1. The van der Waals surface area contributed by atoms with Crippen LogP contribution in [0.3, 0.4) is 0 Å². The van der Waals surface area contributed by atoms with Crippen molar-refractivity contribution in [3.63, 3.8) is 0 Å². The molecule has 0 N–H and O–H groups in total. The number of rotatable bonds is 4. The zero-order valence-corrected chi connectivity index (χ0v) is 15.7. The molecule has 0 saturated heterocycles. The highest BCUT2D eigenvalue weighted by Gasteiger charge is 2.19. The molecule has 0 aliphatic rings. The van der Waals surface area contributed by atoms with Gasteiger partial charge in [0.05, 0.1) is 12.4 Å². The predicted octanol–water partition coefficient (Wildman–Crippen LogP) is 5.39. The van der Waals surface area contributed by atoms with Gasteiger partial charge in [-0.15, -0.1) is 0 Å². The Labute approximate surface area is 149 Å². The van der Waals surface area contributed by atoms with E-state index in [0.717, 1.165) is 40.6 Å². The third-order valence-corrected chi connectivity index (χ3v) is 5.22. The molecule has 2 nitrogen and oxygen atoms in total. The second-order valence-corrected chi connectivity index (χ2v) is 6.91. The first-order valence-electron chi connectivity index (χ1n) is 9.01. The molecule has 0 radical (unpaired) electrons. The first-order valence-corrected chi connectivity index (χ1v) is 9.01. The van der Waals surface area contributed by atoms with Gasteiger partial charge in [0.1, 0.15) is 11.5 Å². The summed E-state index contributed by atoms with van der Waals surface area (Å²) in [6.45, 7) is 8.25. The van der Waals surface area contributed by atoms with Gasteiger partial charge in [0.2, 0.25) is 0 Å². The number of benzene rings is 2. The van der Waals surface area contributed by atoms with Crippen LogP contribution < -0.4 is 4.57 Å². The van der Waals surface area contributed by atoms with Crippen molar-refractivity contribution >= 4 is 10.9 Å². The monoisotopic (exact) mass is 337 g/mol. The highest BCUT2D eigenvalue weighted by atomic mass is 19.1. The lowest BCUT2D eigenvalue weighted by Gasteiger charge is -2.15. The Balaban J connectivity index is 2.32. The van der Waals surface area contributed by atoms with Crippen LogP contribution in [0.4, 0.5) is 4.39 Å². The molecule has 0 fully saturated rings. The van der Waals surface area contributed by atoms with Crippen molar-refractivity contribution in [1.29, 1.82) is 0 Å². The maximum atomic E-state index is 13.9. The summed E-state index contributed by atoms with van der Waals surface area (Å²) >= 11 is 0. The normalized spacial score (nSPS) is 11.5. The van der Waals surface area contributed by atoms with Gasteiger partial charge in [-0.1, -0.05) is 19.9 Å². The Morgan fingerprint density at radius 2 is 1.76 bits per heavy atom. The van der Waals surface area contributed by atoms with Gasteiger partial charge >= 0.3 is 0 Å². The zero-order valence-electron chi connectivity index (χ0n) is 15.7. The molecule has 25 heavy (non-hydrogen) atoms. The molecule has 0 bridgehead atoms. The van der Waals surface area contributed by atoms with E-state index in [4.69, 9.17) is 0 Å². The Morgan fingerprint density at radius 3 is 2.44 bits per heavy atom. The molecule has 3 rings (SSSR count). The average Bonchev–Trinajstić information content (AvgIpc) is 2.59. The van der Waals surface area contributed by atoms with Gasteiger partial charge < -0.3 is 0 Å². The largest absolute Gasteiger partial charge is 0.287 e. The standard InChI is InChI=1S/C22H26FN2/c1-6-16(7-2)17-8-9-21-19(12-17)22(25(5)13-24-21)18-10-15(4)20(23)11-14(18)3/h8-13,16H,6-7H2,1-5H3/q+1. The molecule has 0 saturated carbocycles. The minimum atomic E-state index is -0.153. The Morgan fingerprint density at radius 1 is 1.04 bits per heavy atom. The fourth-order valence-corrected chi connectivity index (χ4v) is 3.64. The lowest BCUT2D eigenvalue weighted by atomic mass is 9.91. The lowest BCUT2D eigenvalue weighted by Crippen LogP contribution is -2.32. The average molecular weight is 337 g/mol. The predicted molar refractivity (Wildman–Crippen MR) is 101 cm³/mol. The first-order chi connectivity index (χ1) is 12.0. The molecule has 0 amide bonds. The highest BCUT2D eigenvalue weighted by molar-refractivity contribution is 5.91. The number of fused-ring (bicyclic) bond motifs is 1. The molecule has 3 heteroatoms. The van der Waals surface area contributed by atoms with Crippen LogP contribution in [-0.2, 0) is 7.05 Å². The van der Waals surface area contributed by atoms with E-state index in [9.17, 15) is 4.39 Å². The lowest BCUT2D eigenvalue weighted by molar-refractivity contribution is -0.662. The maximum absolute atomic E-state index is 13.9. The summed E-state index contributed by atoms with van der Waals surface area (Å²) in [5, 5.41) is 1.13. The van der Waals surface area contributed by atoms with E-state index in [2.05, 4.69) is 37.0 Å².